The minimum absolute atomic E-state index is 0.298. The lowest BCUT2D eigenvalue weighted by Gasteiger charge is -2.14. The molecular formula is C19H21FINO3. The molecule has 0 aliphatic carbocycles. The van der Waals surface area contributed by atoms with Gasteiger partial charge >= 0.3 is 0 Å². The number of ether oxygens (including phenoxy) is 2. The molecule has 0 bridgehead atoms. The highest BCUT2D eigenvalue weighted by Gasteiger charge is 2.13. The molecule has 0 aliphatic heterocycles. The van der Waals surface area contributed by atoms with Crippen LogP contribution >= 0.6 is 22.6 Å². The summed E-state index contributed by atoms with van der Waals surface area (Å²) in [6.07, 6.45) is 1.77. The van der Waals surface area contributed by atoms with Crippen molar-refractivity contribution in [1.82, 2.24) is 0 Å². The number of nitrogens with one attached hydrogen (secondary N) is 1. The van der Waals surface area contributed by atoms with E-state index in [1.807, 2.05) is 36.4 Å². The van der Waals surface area contributed by atoms with Crippen LogP contribution in [0.25, 0.3) is 0 Å². The Hall–Kier alpha value is -1.83. The molecule has 0 aromatic heterocycles. The van der Waals surface area contributed by atoms with E-state index in [1.165, 1.54) is 18.2 Å². The summed E-state index contributed by atoms with van der Waals surface area (Å²) in [7, 11) is 0. The van der Waals surface area contributed by atoms with E-state index in [0.717, 1.165) is 12.8 Å². The lowest BCUT2D eigenvalue weighted by atomic mass is 10.2. The summed E-state index contributed by atoms with van der Waals surface area (Å²) in [5.74, 6) is 0.591. The molecule has 0 radical (unpaired) electrons. The quantitative estimate of drug-likeness (QED) is 0.551. The molecule has 0 unspecified atom stereocenters. The molecule has 25 heavy (non-hydrogen) atoms. The van der Waals surface area contributed by atoms with Crippen LogP contribution in [0.1, 0.15) is 37.0 Å². The first-order chi connectivity index (χ1) is 12.0. The molecule has 0 saturated carbocycles. The maximum absolute atomic E-state index is 13.2. The van der Waals surface area contributed by atoms with E-state index in [-0.39, 0.29) is 11.7 Å². The highest BCUT2D eigenvalue weighted by Crippen LogP contribution is 2.31. The second kappa shape index (κ2) is 9.60. The highest BCUT2D eigenvalue weighted by atomic mass is 127. The molecule has 0 fully saturated rings. The van der Waals surface area contributed by atoms with Crippen LogP contribution in [-0.4, -0.2) is 19.1 Å². The number of carbonyl (C=O) groups is 1. The van der Waals surface area contributed by atoms with Gasteiger partial charge in [0.25, 0.3) is 5.91 Å². The number of anilines is 1. The smallest absolute Gasteiger partial charge is 0.256 e. The fraction of sp³-hybridized carbons (Fsp3) is 0.316. The zero-order chi connectivity index (χ0) is 18.2. The van der Waals surface area contributed by atoms with E-state index in [4.69, 9.17) is 9.47 Å². The van der Waals surface area contributed by atoms with E-state index in [0.29, 0.717) is 39.5 Å². The predicted molar refractivity (Wildman–Crippen MR) is 105 cm³/mol. The van der Waals surface area contributed by atoms with Crippen molar-refractivity contribution in [1.29, 1.82) is 0 Å². The number of rotatable bonds is 8. The molecule has 2 aromatic rings. The van der Waals surface area contributed by atoms with Gasteiger partial charge in [0.05, 0.1) is 18.8 Å². The van der Waals surface area contributed by atoms with Crippen molar-refractivity contribution in [3.63, 3.8) is 0 Å². The van der Waals surface area contributed by atoms with Gasteiger partial charge in [-0.25, -0.2) is 4.39 Å². The number of hydrogen-bond donors (Lipinski definition) is 1. The summed E-state index contributed by atoms with van der Waals surface area (Å²) < 4.78 is 25.1. The molecule has 2 rings (SSSR count). The van der Waals surface area contributed by atoms with Crippen molar-refractivity contribution in [3.8, 4) is 11.5 Å². The zero-order valence-corrected chi connectivity index (χ0v) is 16.4. The third-order valence-electron chi connectivity index (χ3n) is 3.30. The van der Waals surface area contributed by atoms with Crippen LogP contribution in [0.15, 0.2) is 36.4 Å². The van der Waals surface area contributed by atoms with Crippen LogP contribution in [0.5, 0.6) is 11.5 Å². The molecule has 4 nitrogen and oxygen atoms in total. The highest BCUT2D eigenvalue weighted by molar-refractivity contribution is 14.1. The standard InChI is InChI=1S/C19H21FINO3/c1-3-9-24-17-8-6-14(12-18(17)25-10-4-2)22-19(23)15-7-5-13(20)11-16(15)21/h5-8,11-12H,3-4,9-10H2,1-2H3,(H,22,23). The van der Waals surface area contributed by atoms with Crippen molar-refractivity contribution < 1.29 is 18.7 Å². The molecule has 6 heteroatoms. The fourth-order valence-corrected chi connectivity index (χ4v) is 2.84. The minimum Gasteiger partial charge on any atom is -0.490 e. The summed E-state index contributed by atoms with van der Waals surface area (Å²) in [5.41, 5.74) is 1.02. The second-order valence-electron chi connectivity index (χ2n) is 5.44. The molecule has 2 aromatic carbocycles. The van der Waals surface area contributed by atoms with Gasteiger partial charge in [-0.05, 0) is 65.8 Å². The zero-order valence-electron chi connectivity index (χ0n) is 14.3. The Bertz CT molecular complexity index is 737. The van der Waals surface area contributed by atoms with Crippen LogP contribution in [0.2, 0.25) is 0 Å². The van der Waals surface area contributed by atoms with Crippen LogP contribution in [0, 0.1) is 9.39 Å². The van der Waals surface area contributed by atoms with Gasteiger partial charge in [0.2, 0.25) is 0 Å². The van der Waals surface area contributed by atoms with E-state index in [9.17, 15) is 9.18 Å². The van der Waals surface area contributed by atoms with E-state index in [2.05, 4.69) is 5.32 Å². The summed E-state index contributed by atoms with van der Waals surface area (Å²) in [4.78, 5) is 12.4. The van der Waals surface area contributed by atoms with Crippen molar-refractivity contribution in [2.24, 2.45) is 0 Å². The van der Waals surface area contributed by atoms with E-state index < -0.39 is 0 Å². The summed E-state index contributed by atoms with van der Waals surface area (Å²) in [5, 5.41) is 2.82. The van der Waals surface area contributed by atoms with Gasteiger partial charge in [-0.15, -0.1) is 0 Å². The first-order valence-electron chi connectivity index (χ1n) is 8.21. The number of benzene rings is 2. The molecule has 134 valence electrons. The Balaban J connectivity index is 2.19. The van der Waals surface area contributed by atoms with E-state index in [1.54, 1.807) is 18.2 Å². The molecule has 0 heterocycles. The Morgan fingerprint density at radius 1 is 1.04 bits per heavy atom. The largest absolute Gasteiger partial charge is 0.490 e. The molecule has 0 saturated heterocycles. The molecule has 0 atom stereocenters. The van der Waals surface area contributed by atoms with Crippen LogP contribution in [-0.2, 0) is 0 Å². The molecule has 0 spiro atoms. The third kappa shape index (κ3) is 5.59. The molecular weight excluding hydrogens is 436 g/mol. The number of carbonyl (C=O) groups excluding carboxylic acids is 1. The average molecular weight is 457 g/mol. The Morgan fingerprint density at radius 3 is 2.36 bits per heavy atom. The van der Waals surface area contributed by atoms with Crippen molar-refractivity contribution in [2.75, 3.05) is 18.5 Å². The van der Waals surface area contributed by atoms with Gasteiger partial charge in [0.1, 0.15) is 5.82 Å². The monoisotopic (exact) mass is 457 g/mol. The lowest BCUT2D eigenvalue weighted by Crippen LogP contribution is -2.14. The Labute approximate surface area is 160 Å². The summed E-state index contributed by atoms with van der Waals surface area (Å²) in [6, 6.07) is 9.36. The van der Waals surface area contributed by atoms with Gasteiger partial charge in [-0.3, -0.25) is 4.79 Å². The average Bonchev–Trinajstić information content (AvgIpc) is 2.58. The predicted octanol–water partition coefficient (Wildman–Crippen LogP) is 5.26. The minimum atomic E-state index is -0.367. The lowest BCUT2D eigenvalue weighted by molar-refractivity contribution is 0.102. The van der Waals surface area contributed by atoms with Gasteiger partial charge in [0.15, 0.2) is 11.5 Å². The topological polar surface area (TPSA) is 47.6 Å². The van der Waals surface area contributed by atoms with Crippen molar-refractivity contribution >= 4 is 34.2 Å². The van der Waals surface area contributed by atoms with Gasteiger partial charge < -0.3 is 14.8 Å². The molecule has 0 aliphatic rings. The first-order valence-corrected chi connectivity index (χ1v) is 9.29. The first kappa shape index (κ1) is 19.5. The number of amides is 1. The molecule has 1 amide bonds. The van der Waals surface area contributed by atoms with Crippen molar-refractivity contribution in [2.45, 2.75) is 26.7 Å². The van der Waals surface area contributed by atoms with Crippen LogP contribution in [0.3, 0.4) is 0 Å². The maximum Gasteiger partial charge on any atom is 0.256 e. The SMILES string of the molecule is CCCOc1ccc(NC(=O)c2ccc(F)cc2I)cc1OCCC. The number of halogens is 2. The van der Waals surface area contributed by atoms with Crippen LogP contribution < -0.4 is 14.8 Å². The van der Waals surface area contributed by atoms with Crippen molar-refractivity contribution in [3.05, 3.63) is 51.3 Å². The van der Waals surface area contributed by atoms with Gasteiger partial charge in [0, 0.05) is 15.3 Å². The summed E-state index contributed by atoms with van der Waals surface area (Å²) >= 11 is 1.94. The van der Waals surface area contributed by atoms with E-state index >= 15 is 0 Å². The summed E-state index contributed by atoms with van der Waals surface area (Å²) in [6.45, 7) is 5.22. The second-order valence-corrected chi connectivity index (χ2v) is 6.60. The van der Waals surface area contributed by atoms with Crippen LogP contribution in [0.4, 0.5) is 10.1 Å². The maximum atomic E-state index is 13.2. The Kier molecular flexibility index (Phi) is 7.49. The third-order valence-corrected chi connectivity index (χ3v) is 4.19. The van der Waals surface area contributed by atoms with Gasteiger partial charge in [-0.2, -0.15) is 0 Å². The number of hydrogen-bond acceptors (Lipinski definition) is 3. The Morgan fingerprint density at radius 2 is 1.72 bits per heavy atom. The normalized spacial score (nSPS) is 10.4. The fourth-order valence-electron chi connectivity index (χ4n) is 2.11. The van der Waals surface area contributed by atoms with Gasteiger partial charge in [-0.1, -0.05) is 13.8 Å². The molecule has 1 N–H and O–H groups in total.